The van der Waals surface area contributed by atoms with E-state index in [1.165, 1.54) is 6.21 Å². The molecule has 0 aliphatic heterocycles. The number of amides is 1. The Bertz CT molecular complexity index is 1100. The van der Waals surface area contributed by atoms with Gasteiger partial charge in [0.15, 0.2) is 0 Å². The van der Waals surface area contributed by atoms with Crippen LogP contribution in [0.5, 0.6) is 11.5 Å². The zero-order valence-electron chi connectivity index (χ0n) is 16.2. The Morgan fingerprint density at radius 2 is 1.74 bits per heavy atom. The SMILES string of the molecule is COc1ccc(C(=O)N/N=C/c2cc(Br)c(OCc3ccc(Cl)cc3Cl)c(Br)c2)cc1. The van der Waals surface area contributed by atoms with E-state index < -0.39 is 0 Å². The van der Waals surface area contributed by atoms with E-state index in [2.05, 4.69) is 42.4 Å². The van der Waals surface area contributed by atoms with Gasteiger partial charge in [0.25, 0.3) is 5.91 Å². The summed E-state index contributed by atoms with van der Waals surface area (Å²) in [4.78, 5) is 12.2. The number of nitrogens with one attached hydrogen (secondary N) is 1. The Morgan fingerprint density at radius 3 is 2.35 bits per heavy atom. The third-order valence-electron chi connectivity index (χ3n) is 4.14. The summed E-state index contributed by atoms with van der Waals surface area (Å²) in [7, 11) is 1.57. The van der Waals surface area contributed by atoms with Crippen molar-refractivity contribution in [1.29, 1.82) is 0 Å². The first kappa shape index (κ1) is 23.6. The van der Waals surface area contributed by atoms with Crippen LogP contribution in [0.25, 0.3) is 0 Å². The Labute approximate surface area is 206 Å². The van der Waals surface area contributed by atoms with Gasteiger partial charge in [-0.15, -0.1) is 0 Å². The summed E-state index contributed by atoms with van der Waals surface area (Å²) >= 11 is 19.1. The lowest BCUT2D eigenvalue weighted by Crippen LogP contribution is -2.17. The van der Waals surface area contributed by atoms with E-state index >= 15 is 0 Å². The molecule has 0 aliphatic rings. The number of benzene rings is 3. The second-order valence-corrected chi connectivity index (χ2v) is 8.82. The zero-order chi connectivity index (χ0) is 22.4. The van der Waals surface area contributed by atoms with Crippen LogP contribution in [-0.4, -0.2) is 19.2 Å². The van der Waals surface area contributed by atoms with Gasteiger partial charge in [0.05, 0.1) is 22.3 Å². The molecule has 0 aromatic heterocycles. The van der Waals surface area contributed by atoms with E-state index in [0.717, 1.165) is 20.1 Å². The van der Waals surface area contributed by atoms with Gasteiger partial charge in [0.2, 0.25) is 0 Å². The molecule has 0 atom stereocenters. The smallest absolute Gasteiger partial charge is 0.271 e. The Hall–Kier alpha value is -2.06. The minimum atomic E-state index is -0.322. The lowest BCUT2D eigenvalue weighted by molar-refractivity contribution is 0.0955. The zero-order valence-corrected chi connectivity index (χ0v) is 20.8. The highest BCUT2D eigenvalue weighted by Crippen LogP contribution is 2.35. The molecule has 0 unspecified atom stereocenters. The molecule has 31 heavy (non-hydrogen) atoms. The molecule has 3 aromatic rings. The number of nitrogens with zero attached hydrogens (tertiary/aromatic N) is 1. The first-order valence-electron chi connectivity index (χ1n) is 8.90. The molecule has 0 spiro atoms. The molecule has 3 rings (SSSR count). The van der Waals surface area contributed by atoms with E-state index in [9.17, 15) is 4.79 Å². The van der Waals surface area contributed by atoms with Gasteiger partial charge < -0.3 is 9.47 Å². The number of hydrogen-bond acceptors (Lipinski definition) is 4. The molecule has 0 radical (unpaired) electrons. The van der Waals surface area contributed by atoms with Crippen molar-refractivity contribution >= 4 is 67.2 Å². The molecule has 0 fully saturated rings. The predicted molar refractivity (Wildman–Crippen MR) is 131 cm³/mol. The second-order valence-electron chi connectivity index (χ2n) is 6.27. The molecule has 0 bridgehead atoms. The third kappa shape index (κ3) is 6.46. The topological polar surface area (TPSA) is 59.9 Å². The molecule has 1 N–H and O–H groups in total. The van der Waals surface area contributed by atoms with Gasteiger partial charge in [-0.05, 0) is 86.0 Å². The first-order chi connectivity index (χ1) is 14.9. The molecule has 0 saturated carbocycles. The van der Waals surface area contributed by atoms with Gasteiger partial charge in [0, 0.05) is 21.2 Å². The fourth-order valence-electron chi connectivity index (χ4n) is 2.55. The van der Waals surface area contributed by atoms with Gasteiger partial charge in [-0.25, -0.2) is 5.43 Å². The normalized spacial score (nSPS) is 10.9. The van der Waals surface area contributed by atoms with Crippen LogP contribution in [0.3, 0.4) is 0 Å². The molecular formula is C22H16Br2Cl2N2O3. The van der Waals surface area contributed by atoms with Crippen LogP contribution in [-0.2, 0) is 6.61 Å². The van der Waals surface area contributed by atoms with Crippen LogP contribution in [0.1, 0.15) is 21.5 Å². The summed E-state index contributed by atoms with van der Waals surface area (Å²) in [5, 5.41) is 5.12. The fraction of sp³-hybridized carbons (Fsp3) is 0.0909. The van der Waals surface area contributed by atoms with Crippen LogP contribution in [0.2, 0.25) is 10.0 Å². The predicted octanol–water partition coefficient (Wildman–Crippen LogP) is 6.87. The van der Waals surface area contributed by atoms with E-state index in [-0.39, 0.29) is 12.5 Å². The average Bonchev–Trinajstić information content (AvgIpc) is 2.74. The highest BCUT2D eigenvalue weighted by atomic mass is 79.9. The maximum Gasteiger partial charge on any atom is 0.271 e. The van der Waals surface area contributed by atoms with Crippen LogP contribution in [0.15, 0.2) is 68.6 Å². The van der Waals surface area contributed by atoms with Crippen molar-refractivity contribution in [3.63, 3.8) is 0 Å². The van der Waals surface area contributed by atoms with E-state index in [1.807, 2.05) is 18.2 Å². The van der Waals surface area contributed by atoms with Crippen molar-refractivity contribution in [2.24, 2.45) is 5.10 Å². The Balaban J connectivity index is 1.64. The molecule has 1 amide bonds. The summed E-state index contributed by atoms with van der Waals surface area (Å²) in [6, 6.07) is 15.7. The molecule has 0 saturated heterocycles. The second kappa shape index (κ2) is 11.0. The largest absolute Gasteiger partial charge is 0.497 e. The van der Waals surface area contributed by atoms with E-state index in [0.29, 0.717) is 27.1 Å². The van der Waals surface area contributed by atoms with Crippen LogP contribution < -0.4 is 14.9 Å². The Morgan fingerprint density at radius 1 is 1.06 bits per heavy atom. The maximum atomic E-state index is 12.2. The first-order valence-corrected chi connectivity index (χ1v) is 11.2. The monoisotopic (exact) mass is 584 g/mol. The summed E-state index contributed by atoms with van der Waals surface area (Å²) in [6.45, 7) is 0.276. The summed E-state index contributed by atoms with van der Waals surface area (Å²) in [6.07, 6.45) is 1.54. The molecular weight excluding hydrogens is 571 g/mol. The summed E-state index contributed by atoms with van der Waals surface area (Å²) in [5.41, 5.74) is 4.55. The van der Waals surface area contributed by atoms with Gasteiger partial charge in [0.1, 0.15) is 18.1 Å². The lowest BCUT2D eigenvalue weighted by atomic mass is 10.2. The highest BCUT2D eigenvalue weighted by molar-refractivity contribution is 9.11. The molecule has 9 heteroatoms. The van der Waals surface area contributed by atoms with Crippen molar-refractivity contribution in [2.75, 3.05) is 7.11 Å². The number of methoxy groups -OCH3 is 1. The maximum absolute atomic E-state index is 12.2. The lowest BCUT2D eigenvalue weighted by Gasteiger charge is -2.12. The third-order valence-corrected chi connectivity index (χ3v) is 5.90. The number of hydrogen-bond donors (Lipinski definition) is 1. The van der Waals surface area contributed by atoms with Crippen LogP contribution in [0.4, 0.5) is 0 Å². The fourth-order valence-corrected chi connectivity index (χ4v) is 4.47. The number of hydrazone groups is 1. The van der Waals surface area contributed by atoms with Gasteiger partial charge in [-0.2, -0.15) is 5.10 Å². The molecule has 0 heterocycles. The molecule has 5 nitrogen and oxygen atoms in total. The minimum absolute atomic E-state index is 0.276. The molecule has 3 aromatic carbocycles. The van der Waals surface area contributed by atoms with Crippen molar-refractivity contribution in [3.8, 4) is 11.5 Å². The van der Waals surface area contributed by atoms with Gasteiger partial charge in [-0.1, -0.05) is 29.3 Å². The Kier molecular flexibility index (Phi) is 8.37. The number of ether oxygens (including phenoxy) is 2. The number of rotatable bonds is 7. The summed E-state index contributed by atoms with van der Waals surface area (Å²) in [5.74, 6) is 0.970. The number of carbonyl (C=O) groups is 1. The highest BCUT2D eigenvalue weighted by Gasteiger charge is 2.11. The molecule has 0 aliphatic carbocycles. The van der Waals surface area contributed by atoms with Crippen molar-refractivity contribution in [1.82, 2.24) is 5.43 Å². The van der Waals surface area contributed by atoms with Gasteiger partial charge in [-0.3, -0.25) is 4.79 Å². The standard InChI is InChI=1S/C22H16Br2Cl2N2O3/c1-30-17-6-3-14(4-7-17)22(29)28-27-11-13-8-18(23)21(19(24)9-13)31-12-15-2-5-16(25)10-20(15)26/h2-11H,12H2,1H3,(H,28,29)/b27-11+. The van der Waals surface area contributed by atoms with Crippen LogP contribution >= 0.6 is 55.1 Å². The van der Waals surface area contributed by atoms with Crippen molar-refractivity contribution in [3.05, 3.63) is 90.3 Å². The van der Waals surface area contributed by atoms with Crippen molar-refractivity contribution in [2.45, 2.75) is 6.61 Å². The quantitative estimate of drug-likeness (QED) is 0.243. The average molecular weight is 587 g/mol. The molecule has 160 valence electrons. The van der Waals surface area contributed by atoms with Gasteiger partial charge >= 0.3 is 0 Å². The minimum Gasteiger partial charge on any atom is -0.497 e. The van der Waals surface area contributed by atoms with Crippen molar-refractivity contribution < 1.29 is 14.3 Å². The summed E-state index contributed by atoms with van der Waals surface area (Å²) < 4.78 is 12.4. The number of halogens is 4. The van der Waals surface area contributed by atoms with E-state index in [1.54, 1.807) is 43.5 Å². The number of carbonyl (C=O) groups excluding carboxylic acids is 1. The van der Waals surface area contributed by atoms with E-state index in [4.69, 9.17) is 32.7 Å². The van der Waals surface area contributed by atoms with Crippen LogP contribution in [0, 0.1) is 0 Å².